The first-order valence-corrected chi connectivity index (χ1v) is 10.9. The predicted molar refractivity (Wildman–Crippen MR) is 100 cm³/mol. The maximum atomic E-state index is 12.8. The van der Waals surface area contributed by atoms with Crippen LogP contribution < -0.4 is 5.32 Å². The van der Waals surface area contributed by atoms with Crippen LogP contribution in [0.15, 0.2) is 30.3 Å². The monoisotopic (exact) mass is 380 g/mol. The van der Waals surface area contributed by atoms with Gasteiger partial charge in [0.15, 0.2) is 0 Å². The summed E-state index contributed by atoms with van der Waals surface area (Å²) in [5.74, 6) is -0.142. The molecule has 1 N–H and O–H groups in total. The fraction of sp³-hybridized carbons (Fsp3) is 0.632. The van der Waals surface area contributed by atoms with Gasteiger partial charge in [-0.1, -0.05) is 36.8 Å². The van der Waals surface area contributed by atoms with E-state index in [-0.39, 0.29) is 30.4 Å². The summed E-state index contributed by atoms with van der Waals surface area (Å²) >= 11 is 0. The minimum atomic E-state index is -3.41. The lowest BCUT2D eigenvalue weighted by Crippen LogP contribution is -2.52. The third-order valence-electron chi connectivity index (χ3n) is 5.39. The topological polar surface area (TPSA) is 75.7 Å². The highest BCUT2D eigenvalue weighted by Gasteiger charge is 2.45. The Morgan fingerprint density at radius 2 is 1.81 bits per heavy atom. The second-order valence-electron chi connectivity index (χ2n) is 7.45. The van der Waals surface area contributed by atoms with Crippen LogP contribution in [0, 0.1) is 0 Å². The van der Waals surface area contributed by atoms with Crippen LogP contribution in [0.2, 0.25) is 0 Å². The lowest BCUT2D eigenvalue weighted by atomic mass is 9.64. The van der Waals surface area contributed by atoms with Crippen LogP contribution in [0.5, 0.6) is 0 Å². The largest absolute Gasteiger partial charge is 0.373 e. The molecule has 1 saturated carbocycles. The Kier molecular flexibility index (Phi) is 5.69. The van der Waals surface area contributed by atoms with Crippen molar-refractivity contribution in [2.45, 2.75) is 50.7 Å². The van der Waals surface area contributed by atoms with Gasteiger partial charge in [0.2, 0.25) is 15.9 Å². The van der Waals surface area contributed by atoms with Crippen molar-refractivity contribution in [2.75, 3.05) is 25.4 Å². The highest BCUT2D eigenvalue weighted by Crippen LogP contribution is 2.43. The zero-order chi connectivity index (χ0) is 18.8. The van der Waals surface area contributed by atoms with Crippen molar-refractivity contribution >= 4 is 15.9 Å². The maximum Gasteiger partial charge on any atom is 0.230 e. The molecule has 2 fully saturated rings. The fourth-order valence-corrected chi connectivity index (χ4v) is 5.38. The first-order chi connectivity index (χ1) is 12.3. The average molecular weight is 381 g/mol. The van der Waals surface area contributed by atoms with Gasteiger partial charge in [-0.25, -0.2) is 8.42 Å². The van der Waals surface area contributed by atoms with Crippen molar-refractivity contribution in [1.82, 2.24) is 9.62 Å². The van der Waals surface area contributed by atoms with Crippen molar-refractivity contribution in [3.63, 3.8) is 0 Å². The summed E-state index contributed by atoms with van der Waals surface area (Å²) in [6, 6.07) is 9.77. The number of carbonyl (C=O) groups is 1. The summed E-state index contributed by atoms with van der Waals surface area (Å²) in [6.07, 6.45) is 2.42. The number of benzene rings is 1. The first-order valence-electron chi connectivity index (χ1n) is 9.31. The number of carbonyl (C=O) groups excluding carboxylic acids is 1. The molecule has 144 valence electrons. The van der Waals surface area contributed by atoms with E-state index >= 15 is 0 Å². The molecular weight excluding hydrogens is 352 g/mol. The molecule has 1 aromatic carbocycles. The van der Waals surface area contributed by atoms with Gasteiger partial charge in [0, 0.05) is 19.6 Å². The zero-order valence-corrected chi connectivity index (χ0v) is 16.3. The first kappa shape index (κ1) is 19.3. The molecule has 2 aliphatic rings. The number of hydrogen-bond acceptors (Lipinski definition) is 4. The molecule has 7 heteroatoms. The third-order valence-corrected chi connectivity index (χ3v) is 7.20. The van der Waals surface area contributed by atoms with Crippen LogP contribution in [0.1, 0.15) is 38.7 Å². The lowest BCUT2D eigenvalue weighted by Gasteiger charge is -2.40. The summed E-state index contributed by atoms with van der Waals surface area (Å²) < 4.78 is 32.2. The summed E-state index contributed by atoms with van der Waals surface area (Å²) in [5.41, 5.74) is 0.523. The molecule has 0 spiro atoms. The van der Waals surface area contributed by atoms with Gasteiger partial charge >= 0.3 is 0 Å². The second kappa shape index (κ2) is 7.66. The number of rotatable bonds is 6. The molecule has 1 aliphatic heterocycles. The van der Waals surface area contributed by atoms with Gasteiger partial charge in [-0.15, -0.1) is 0 Å². The van der Waals surface area contributed by atoms with E-state index in [4.69, 9.17) is 4.74 Å². The number of amides is 1. The molecule has 0 aromatic heterocycles. The number of nitrogens with zero attached hydrogens (tertiary/aromatic N) is 1. The Morgan fingerprint density at radius 3 is 2.35 bits per heavy atom. The fourth-order valence-electron chi connectivity index (χ4n) is 3.88. The smallest absolute Gasteiger partial charge is 0.230 e. The number of morpholine rings is 1. The van der Waals surface area contributed by atoms with Gasteiger partial charge in [-0.3, -0.25) is 4.79 Å². The zero-order valence-electron chi connectivity index (χ0n) is 15.5. The van der Waals surface area contributed by atoms with E-state index in [0.717, 1.165) is 24.8 Å². The van der Waals surface area contributed by atoms with E-state index in [1.165, 1.54) is 4.31 Å². The molecule has 1 heterocycles. The van der Waals surface area contributed by atoms with E-state index in [9.17, 15) is 13.2 Å². The van der Waals surface area contributed by atoms with Crippen molar-refractivity contribution in [1.29, 1.82) is 0 Å². The summed E-state index contributed by atoms with van der Waals surface area (Å²) in [6.45, 7) is 4.62. The summed E-state index contributed by atoms with van der Waals surface area (Å²) in [4.78, 5) is 12.8. The molecule has 0 radical (unpaired) electrons. The van der Waals surface area contributed by atoms with Gasteiger partial charge in [0.1, 0.15) is 0 Å². The van der Waals surface area contributed by atoms with Crippen LogP contribution in [0.3, 0.4) is 0 Å². The molecule has 0 bridgehead atoms. The molecule has 1 aromatic rings. The molecule has 1 amide bonds. The number of hydrogen-bond donors (Lipinski definition) is 1. The summed E-state index contributed by atoms with van der Waals surface area (Å²) in [7, 11) is -3.41. The van der Waals surface area contributed by atoms with Crippen LogP contribution in [-0.4, -0.2) is 56.2 Å². The quantitative estimate of drug-likeness (QED) is 0.814. The average Bonchev–Trinajstić information content (AvgIpc) is 2.54. The van der Waals surface area contributed by atoms with E-state index in [2.05, 4.69) is 5.32 Å². The van der Waals surface area contributed by atoms with Gasteiger partial charge in [0.25, 0.3) is 0 Å². The Hall–Kier alpha value is -1.44. The molecule has 26 heavy (non-hydrogen) atoms. The maximum absolute atomic E-state index is 12.8. The minimum absolute atomic E-state index is 0.0612. The SMILES string of the molecule is CC1CN(S(=O)(=O)CCNC(=O)C2(c3ccccc3)CCC2)CC(C)O1. The molecule has 3 rings (SSSR count). The molecule has 2 atom stereocenters. The molecule has 1 saturated heterocycles. The van der Waals surface area contributed by atoms with Gasteiger partial charge < -0.3 is 10.1 Å². The molecular formula is C19H28N2O4S. The Morgan fingerprint density at radius 1 is 1.19 bits per heavy atom. The Balaban J connectivity index is 1.58. The van der Waals surface area contributed by atoms with Gasteiger partial charge in [-0.2, -0.15) is 4.31 Å². The normalized spacial score (nSPS) is 26.1. The van der Waals surface area contributed by atoms with Crippen molar-refractivity contribution in [3.05, 3.63) is 35.9 Å². The minimum Gasteiger partial charge on any atom is -0.373 e. The van der Waals surface area contributed by atoms with Crippen molar-refractivity contribution in [3.8, 4) is 0 Å². The lowest BCUT2D eigenvalue weighted by molar-refractivity contribution is -0.129. The Bertz CT molecular complexity index is 721. The highest BCUT2D eigenvalue weighted by atomic mass is 32.2. The van der Waals surface area contributed by atoms with Crippen LogP contribution >= 0.6 is 0 Å². The number of sulfonamides is 1. The van der Waals surface area contributed by atoms with Crippen LogP contribution in [-0.2, 0) is 25.0 Å². The standard InChI is InChI=1S/C19H28N2O4S/c1-15-13-21(14-16(2)25-15)26(23,24)12-11-20-18(22)19(9-6-10-19)17-7-4-3-5-8-17/h3-5,7-8,15-16H,6,9-14H2,1-2H3,(H,20,22). The van der Waals surface area contributed by atoms with Crippen molar-refractivity contribution < 1.29 is 17.9 Å². The highest BCUT2D eigenvalue weighted by molar-refractivity contribution is 7.89. The van der Waals surface area contributed by atoms with Gasteiger partial charge in [-0.05, 0) is 32.3 Å². The van der Waals surface area contributed by atoms with Crippen molar-refractivity contribution in [2.24, 2.45) is 0 Å². The van der Waals surface area contributed by atoms with E-state index in [0.29, 0.717) is 13.1 Å². The van der Waals surface area contributed by atoms with Gasteiger partial charge in [0.05, 0.1) is 23.4 Å². The second-order valence-corrected chi connectivity index (χ2v) is 9.54. The Labute approximate surface area is 156 Å². The van der Waals surface area contributed by atoms with Crippen LogP contribution in [0.25, 0.3) is 0 Å². The third kappa shape index (κ3) is 3.94. The molecule has 2 unspecified atom stereocenters. The molecule has 1 aliphatic carbocycles. The number of ether oxygens (including phenoxy) is 1. The van der Waals surface area contributed by atoms with E-state index < -0.39 is 15.4 Å². The predicted octanol–water partition coefficient (Wildman–Crippen LogP) is 1.66. The number of nitrogens with one attached hydrogen (secondary N) is 1. The summed E-state index contributed by atoms with van der Waals surface area (Å²) in [5, 5.41) is 2.87. The van der Waals surface area contributed by atoms with E-state index in [1.807, 2.05) is 44.2 Å². The molecule has 6 nitrogen and oxygen atoms in total. The van der Waals surface area contributed by atoms with E-state index in [1.54, 1.807) is 0 Å². The van der Waals surface area contributed by atoms with Crippen LogP contribution in [0.4, 0.5) is 0 Å².